The number of phenols is 1. The van der Waals surface area contributed by atoms with E-state index in [1.807, 2.05) is 24.3 Å². The van der Waals surface area contributed by atoms with Crippen LogP contribution in [0.15, 0.2) is 102 Å². The summed E-state index contributed by atoms with van der Waals surface area (Å²) in [4.78, 5) is 10.5. The summed E-state index contributed by atoms with van der Waals surface area (Å²) in [6, 6.07) is 33.4. The van der Waals surface area contributed by atoms with Crippen LogP contribution in [0.4, 0.5) is 5.69 Å². The highest BCUT2D eigenvalue weighted by Gasteiger charge is 2.24. The summed E-state index contributed by atoms with van der Waals surface area (Å²) in [6.07, 6.45) is 0.793. The quantitative estimate of drug-likeness (QED) is 0.235. The first-order valence-electron chi connectivity index (χ1n) is 14.5. The van der Waals surface area contributed by atoms with E-state index in [0.29, 0.717) is 11.8 Å². The highest BCUT2D eigenvalue weighted by Crippen LogP contribution is 2.45. The third-order valence-electron chi connectivity index (χ3n) is 8.08. The lowest BCUT2D eigenvalue weighted by molar-refractivity contribution is 0.477. The Kier molecular flexibility index (Phi) is 7.05. The molecule has 41 heavy (non-hydrogen) atoms. The summed E-state index contributed by atoms with van der Waals surface area (Å²) in [7, 11) is 0. The Balaban J connectivity index is 1.63. The molecule has 0 spiro atoms. The summed E-state index contributed by atoms with van der Waals surface area (Å²) in [5, 5.41) is 10.8. The largest absolute Gasteiger partial charge is 0.507 e. The number of phenolic OH excluding ortho intramolecular Hbond substituents is 1. The Morgan fingerprint density at radius 2 is 1.34 bits per heavy atom. The molecule has 0 bridgehead atoms. The second-order valence-electron chi connectivity index (χ2n) is 11.7. The van der Waals surface area contributed by atoms with Crippen molar-refractivity contribution in [3.8, 4) is 39.4 Å². The molecule has 1 aliphatic heterocycles. The van der Waals surface area contributed by atoms with Gasteiger partial charge in [0.05, 0.1) is 22.8 Å². The van der Waals surface area contributed by atoms with Gasteiger partial charge in [-0.15, -0.1) is 0 Å². The molecule has 0 amide bonds. The van der Waals surface area contributed by atoms with Crippen molar-refractivity contribution in [1.82, 2.24) is 4.98 Å². The Bertz CT molecular complexity index is 1750. The monoisotopic (exact) mass is 536 g/mol. The maximum atomic E-state index is 10.8. The zero-order chi connectivity index (χ0) is 28.7. The highest BCUT2D eigenvalue weighted by atomic mass is 16.3. The van der Waals surface area contributed by atoms with Crippen molar-refractivity contribution in [2.24, 2.45) is 4.99 Å². The van der Waals surface area contributed by atoms with Gasteiger partial charge in [-0.05, 0) is 70.3 Å². The van der Waals surface area contributed by atoms with Crippen LogP contribution in [0.5, 0.6) is 5.75 Å². The molecule has 0 fully saturated rings. The molecule has 1 aliphatic rings. The van der Waals surface area contributed by atoms with E-state index in [-0.39, 0.29) is 5.75 Å². The fourth-order valence-electron chi connectivity index (χ4n) is 5.76. The molecule has 2 heterocycles. The molecule has 0 saturated heterocycles. The van der Waals surface area contributed by atoms with Crippen LogP contribution >= 0.6 is 0 Å². The number of aliphatic imine (C=N–C) groups is 1. The molecule has 6 rings (SSSR count). The Labute approximate surface area is 243 Å². The molecule has 0 saturated carbocycles. The Morgan fingerprint density at radius 3 is 2.02 bits per heavy atom. The van der Waals surface area contributed by atoms with Crippen LogP contribution in [0.1, 0.15) is 67.3 Å². The van der Waals surface area contributed by atoms with Gasteiger partial charge in [0.15, 0.2) is 0 Å². The van der Waals surface area contributed by atoms with Crippen molar-refractivity contribution in [3.05, 3.63) is 125 Å². The number of benzene rings is 4. The lowest BCUT2D eigenvalue weighted by Crippen LogP contribution is -2.00. The van der Waals surface area contributed by atoms with Gasteiger partial charge in [0.2, 0.25) is 0 Å². The van der Waals surface area contributed by atoms with Crippen LogP contribution in [0.2, 0.25) is 0 Å². The minimum atomic E-state index is 0.227. The van der Waals surface area contributed by atoms with Crippen molar-refractivity contribution < 1.29 is 5.11 Å². The average molecular weight is 537 g/mol. The van der Waals surface area contributed by atoms with E-state index in [0.717, 1.165) is 57.0 Å². The lowest BCUT2D eigenvalue weighted by atomic mass is 9.87. The average Bonchev–Trinajstić information content (AvgIpc) is 3.42. The molecule has 0 unspecified atom stereocenters. The van der Waals surface area contributed by atoms with Gasteiger partial charge in [0.25, 0.3) is 0 Å². The van der Waals surface area contributed by atoms with Crippen molar-refractivity contribution in [1.29, 1.82) is 0 Å². The second kappa shape index (κ2) is 10.8. The summed E-state index contributed by atoms with van der Waals surface area (Å²) in [6.45, 7) is 11.2. The van der Waals surface area contributed by atoms with Gasteiger partial charge in [-0.3, -0.25) is 4.99 Å². The van der Waals surface area contributed by atoms with Gasteiger partial charge in [-0.2, -0.15) is 0 Å². The number of para-hydroxylation sites is 2. The van der Waals surface area contributed by atoms with E-state index >= 15 is 0 Å². The van der Waals surface area contributed by atoms with E-state index in [1.54, 1.807) is 6.07 Å². The third-order valence-corrected chi connectivity index (χ3v) is 8.08. The molecule has 4 aromatic carbocycles. The number of nitrogens with zero attached hydrogens (tertiary/aromatic N) is 2. The van der Waals surface area contributed by atoms with Crippen LogP contribution < -0.4 is 0 Å². The van der Waals surface area contributed by atoms with E-state index in [9.17, 15) is 5.11 Å². The molecule has 204 valence electrons. The number of pyridine rings is 1. The maximum absolute atomic E-state index is 10.8. The number of fused-ring (bicyclic) bond motifs is 1. The molecule has 5 aromatic rings. The summed E-state index contributed by atoms with van der Waals surface area (Å²) in [5.74, 6) is 1.04. The first-order chi connectivity index (χ1) is 19.8. The van der Waals surface area contributed by atoms with Gasteiger partial charge in [-0.1, -0.05) is 107 Å². The number of aromatic hydroxyl groups is 1. The molecule has 0 radical (unpaired) electrons. The minimum absolute atomic E-state index is 0.227. The van der Waals surface area contributed by atoms with Crippen LogP contribution in [0.25, 0.3) is 33.6 Å². The standard InChI is InChI=1S/C38H36N2O/c1-23(2)28-19-29(24(3)4)21-30(20-28)36-25(5)18-34(31-15-9-10-17-35(31)41)40-38(36)32-16-11-14-27-22-33(39-37(27)32)26-12-7-6-8-13-26/h6-21,23-24,41H,22H2,1-5H3. The summed E-state index contributed by atoms with van der Waals surface area (Å²) < 4.78 is 0. The molecule has 1 aromatic heterocycles. The molecule has 1 N–H and O–H groups in total. The number of aryl methyl sites for hydroxylation is 1. The van der Waals surface area contributed by atoms with Crippen LogP contribution in [-0.4, -0.2) is 15.8 Å². The molecule has 3 nitrogen and oxygen atoms in total. The Morgan fingerprint density at radius 1 is 0.683 bits per heavy atom. The minimum Gasteiger partial charge on any atom is -0.507 e. The van der Waals surface area contributed by atoms with E-state index in [2.05, 4.69) is 101 Å². The van der Waals surface area contributed by atoms with Crippen LogP contribution in [0.3, 0.4) is 0 Å². The van der Waals surface area contributed by atoms with Gasteiger partial charge in [0, 0.05) is 23.1 Å². The van der Waals surface area contributed by atoms with Crippen molar-refractivity contribution in [2.45, 2.75) is 52.9 Å². The highest BCUT2D eigenvalue weighted by molar-refractivity contribution is 6.08. The smallest absolute Gasteiger partial charge is 0.124 e. The fourth-order valence-corrected chi connectivity index (χ4v) is 5.76. The van der Waals surface area contributed by atoms with Crippen LogP contribution in [0, 0.1) is 6.92 Å². The third kappa shape index (κ3) is 5.09. The first kappa shape index (κ1) is 26.7. The number of hydrogen-bond donors (Lipinski definition) is 1. The van der Waals surface area contributed by atoms with E-state index in [4.69, 9.17) is 9.98 Å². The molecular weight excluding hydrogens is 500 g/mol. The second-order valence-corrected chi connectivity index (χ2v) is 11.7. The van der Waals surface area contributed by atoms with Crippen molar-refractivity contribution in [3.63, 3.8) is 0 Å². The molecule has 0 aliphatic carbocycles. The van der Waals surface area contributed by atoms with E-state index in [1.165, 1.54) is 22.3 Å². The van der Waals surface area contributed by atoms with E-state index < -0.39 is 0 Å². The fraction of sp³-hybridized carbons (Fsp3) is 0.211. The Hall–Kier alpha value is -4.50. The zero-order valence-corrected chi connectivity index (χ0v) is 24.4. The van der Waals surface area contributed by atoms with Gasteiger partial charge in [0.1, 0.15) is 5.75 Å². The van der Waals surface area contributed by atoms with Crippen molar-refractivity contribution in [2.75, 3.05) is 0 Å². The first-order valence-corrected chi connectivity index (χ1v) is 14.5. The summed E-state index contributed by atoms with van der Waals surface area (Å²) >= 11 is 0. The number of hydrogen-bond acceptors (Lipinski definition) is 3. The normalized spacial score (nSPS) is 12.6. The summed E-state index contributed by atoms with van der Waals surface area (Å²) in [5.41, 5.74) is 13.9. The predicted octanol–water partition coefficient (Wildman–Crippen LogP) is 10.0. The van der Waals surface area contributed by atoms with Gasteiger partial charge >= 0.3 is 0 Å². The topological polar surface area (TPSA) is 45.5 Å². The maximum Gasteiger partial charge on any atom is 0.124 e. The lowest BCUT2D eigenvalue weighted by Gasteiger charge is -2.20. The molecular formula is C38H36N2O. The predicted molar refractivity (Wildman–Crippen MR) is 171 cm³/mol. The number of rotatable bonds is 6. The SMILES string of the molecule is Cc1cc(-c2ccccc2O)nc(-c2cccc3c2N=C(c2ccccc2)C3)c1-c1cc(C(C)C)cc(C(C)C)c1. The molecule has 0 atom stereocenters. The van der Waals surface area contributed by atoms with Crippen molar-refractivity contribution >= 4 is 11.4 Å². The van der Waals surface area contributed by atoms with Gasteiger partial charge in [-0.25, -0.2) is 4.98 Å². The van der Waals surface area contributed by atoms with Gasteiger partial charge < -0.3 is 5.11 Å². The van der Waals surface area contributed by atoms with Crippen LogP contribution in [-0.2, 0) is 6.42 Å². The molecule has 3 heteroatoms. The zero-order valence-electron chi connectivity index (χ0n) is 24.4. The number of aromatic nitrogens is 1.